The molecule has 2 aromatic carbocycles. The number of carbonyl (C=O) groups is 1. The van der Waals surface area contributed by atoms with Gasteiger partial charge in [-0.2, -0.15) is 0 Å². The number of nitrogens with one attached hydrogen (secondary N) is 1. The van der Waals surface area contributed by atoms with Crippen molar-refractivity contribution in [3.05, 3.63) is 75.1 Å². The Morgan fingerprint density at radius 1 is 1.00 bits per heavy atom. The third-order valence-electron chi connectivity index (χ3n) is 6.07. The minimum atomic E-state index is -0.0838. The Labute approximate surface area is 229 Å². The average Bonchev–Trinajstić information content (AvgIpc) is 3.49. The maximum absolute atomic E-state index is 12.7. The van der Waals surface area contributed by atoms with Gasteiger partial charge in [0.05, 0.1) is 11.1 Å². The van der Waals surface area contributed by atoms with Crippen LogP contribution >= 0.6 is 50.8 Å². The van der Waals surface area contributed by atoms with Crippen LogP contribution in [0.1, 0.15) is 28.8 Å². The molecule has 0 fully saturated rings. The van der Waals surface area contributed by atoms with Gasteiger partial charge in [-0.05, 0) is 61.1 Å². The SMILES string of the molecule is O=C(CSc1nnc2c3c4c(sc3nc(SCc3ccccc3)n12)CCCC4)Nc1ccc(Br)cc1. The van der Waals surface area contributed by atoms with E-state index in [1.165, 1.54) is 40.6 Å². The van der Waals surface area contributed by atoms with Crippen LogP contribution in [-0.4, -0.2) is 31.2 Å². The van der Waals surface area contributed by atoms with E-state index in [0.717, 1.165) is 49.8 Å². The number of hydrogen-bond acceptors (Lipinski definition) is 7. The third-order valence-corrected chi connectivity index (χ3v) is 9.72. The molecule has 3 aromatic heterocycles. The van der Waals surface area contributed by atoms with Gasteiger partial charge in [-0.1, -0.05) is 69.8 Å². The van der Waals surface area contributed by atoms with Crippen molar-refractivity contribution < 1.29 is 4.79 Å². The smallest absolute Gasteiger partial charge is 0.234 e. The predicted molar refractivity (Wildman–Crippen MR) is 152 cm³/mol. The van der Waals surface area contributed by atoms with E-state index >= 15 is 0 Å². The van der Waals surface area contributed by atoms with Crippen LogP contribution in [0.5, 0.6) is 0 Å². The van der Waals surface area contributed by atoms with Crippen LogP contribution < -0.4 is 5.32 Å². The molecule has 0 aliphatic heterocycles. The number of nitrogens with zero attached hydrogens (tertiary/aromatic N) is 4. The minimum Gasteiger partial charge on any atom is -0.325 e. The minimum absolute atomic E-state index is 0.0838. The van der Waals surface area contributed by atoms with Crippen molar-refractivity contribution in [3.8, 4) is 0 Å². The number of halogens is 1. The summed E-state index contributed by atoms with van der Waals surface area (Å²) in [5, 5.41) is 14.8. The Kier molecular flexibility index (Phi) is 7.01. The second kappa shape index (κ2) is 10.5. The molecule has 3 heterocycles. The van der Waals surface area contributed by atoms with E-state index in [0.29, 0.717) is 5.16 Å². The van der Waals surface area contributed by atoms with Gasteiger partial charge in [-0.15, -0.1) is 21.5 Å². The lowest BCUT2D eigenvalue weighted by atomic mass is 9.97. The topological polar surface area (TPSA) is 72.2 Å². The molecule has 10 heteroatoms. The van der Waals surface area contributed by atoms with Crippen LogP contribution in [0.25, 0.3) is 15.9 Å². The quantitative estimate of drug-likeness (QED) is 0.161. The van der Waals surface area contributed by atoms with Crippen LogP contribution in [0.2, 0.25) is 0 Å². The predicted octanol–water partition coefficient (Wildman–Crippen LogP) is 7.00. The number of benzene rings is 2. The van der Waals surface area contributed by atoms with E-state index in [-0.39, 0.29) is 11.7 Å². The molecule has 6 nitrogen and oxygen atoms in total. The molecule has 182 valence electrons. The van der Waals surface area contributed by atoms with Gasteiger partial charge in [-0.25, -0.2) is 9.38 Å². The number of fused-ring (bicyclic) bond motifs is 5. The normalized spacial score (nSPS) is 13.2. The second-order valence-corrected chi connectivity index (χ2v) is 12.4. The molecule has 36 heavy (non-hydrogen) atoms. The first-order valence-corrected chi connectivity index (χ1v) is 15.3. The number of hydrogen-bond donors (Lipinski definition) is 1. The first-order valence-electron chi connectivity index (χ1n) is 11.7. The second-order valence-electron chi connectivity index (χ2n) is 8.55. The molecule has 0 unspecified atom stereocenters. The summed E-state index contributed by atoms with van der Waals surface area (Å²) in [7, 11) is 0. The lowest BCUT2D eigenvalue weighted by molar-refractivity contribution is -0.113. The zero-order valence-corrected chi connectivity index (χ0v) is 23.3. The molecule has 0 saturated carbocycles. The molecule has 0 radical (unpaired) electrons. The Morgan fingerprint density at radius 3 is 2.64 bits per heavy atom. The maximum Gasteiger partial charge on any atom is 0.234 e. The summed E-state index contributed by atoms with van der Waals surface area (Å²) in [6.07, 6.45) is 4.60. The summed E-state index contributed by atoms with van der Waals surface area (Å²) in [5.74, 6) is 0.949. The Morgan fingerprint density at radius 2 is 1.81 bits per heavy atom. The van der Waals surface area contributed by atoms with E-state index in [1.807, 2.05) is 30.3 Å². The fourth-order valence-corrected chi connectivity index (χ4v) is 7.69. The Balaban J connectivity index is 1.33. The first-order chi connectivity index (χ1) is 17.7. The molecule has 0 bridgehead atoms. The highest BCUT2D eigenvalue weighted by atomic mass is 79.9. The van der Waals surface area contributed by atoms with Crippen molar-refractivity contribution >= 4 is 78.2 Å². The number of carbonyl (C=O) groups excluding carboxylic acids is 1. The van der Waals surface area contributed by atoms with Gasteiger partial charge in [0.1, 0.15) is 4.83 Å². The summed E-state index contributed by atoms with van der Waals surface area (Å²) < 4.78 is 3.02. The number of aromatic nitrogens is 4. The lowest BCUT2D eigenvalue weighted by Gasteiger charge is -2.11. The van der Waals surface area contributed by atoms with Gasteiger partial charge in [0.25, 0.3) is 0 Å². The lowest BCUT2D eigenvalue weighted by Crippen LogP contribution is -2.14. The highest BCUT2D eigenvalue weighted by Crippen LogP contribution is 2.40. The Bertz CT molecular complexity index is 1550. The number of thiophene rings is 1. The standard InChI is InChI=1S/C26H22BrN5OS3/c27-17-10-12-18(13-11-17)28-21(33)15-35-26-31-30-23-22-19-8-4-5-9-20(19)36-24(22)29-25(32(23)26)34-14-16-6-2-1-3-7-16/h1-3,6-7,10-13H,4-5,8-9,14-15H2,(H,28,33). The number of rotatable bonds is 7. The molecule has 0 atom stereocenters. The molecule has 1 amide bonds. The molecule has 0 saturated heterocycles. The highest BCUT2D eigenvalue weighted by molar-refractivity contribution is 9.10. The monoisotopic (exact) mass is 595 g/mol. The van der Waals surface area contributed by atoms with Gasteiger partial charge < -0.3 is 5.32 Å². The van der Waals surface area contributed by atoms with E-state index in [4.69, 9.17) is 4.98 Å². The average molecular weight is 597 g/mol. The number of anilines is 1. The van der Waals surface area contributed by atoms with E-state index in [1.54, 1.807) is 23.1 Å². The summed E-state index contributed by atoms with van der Waals surface area (Å²) >= 11 is 8.29. The molecular weight excluding hydrogens is 574 g/mol. The fourth-order valence-electron chi connectivity index (χ4n) is 4.37. The summed E-state index contributed by atoms with van der Waals surface area (Å²) in [6, 6.07) is 17.9. The fraction of sp³-hybridized carbons (Fsp3) is 0.231. The number of thioether (sulfide) groups is 2. The summed E-state index contributed by atoms with van der Waals surface area (Å²) in [5.41, 5.74) is 4.24. The number of amides is 1. The van der Waals surface area contributed by atoms with Crippen LogP contribution in [0, 0.1) is 0 Å². The molecule has 0 spiro atoms. The Hall–Kier alpha value is -2.40. The van der Waals surface area contributed by atoms with Gasteiger partial charge in [0, 0.05) is 20.8 Å². The van der Waals surface area contributed by atoms with Crippen molar-refractivity contribution in [1.29, 1.82) is 0 Å². The third kappa shape index (κ3) is 4.91. The highest BCUT2D eigenvalue weighted by Gasteiger charge is 2.24. The van der Waals surface area contributed by atoms with Crippen molar-refractivity contribution in [2.24, 2.45) is 0 Å². The summed E-state index contributed by atoms with van der Waals surface area (Å²) in [4.78, 5) is 20.2. The van der Waals surface area contributed by atoms with Crippen molar-refractivity contribution in [2.75, 3.05) is 11.1 Å². The van der Waals surface area contributed by atoms with Crippen molar-refractivity contribution in [1.82, 2.24) is 19.6 Å². The van der Waals surface area contributed by atoms with Crippen LogP contribution in [0.15, 0.2) is 69.4 Å². The van der Waals surface area contributed by atoms with Crippen LogP contribution in [-0.2, 0) is 23.4 Å². The molecule has 1 aliphatic rings. The van der Waals surface area contributed by atoms with Gasteiger partial charge in [0.2, 0.25) is 5.91 Å². The molecular formula is C26H22BrN5OS3. The van der Waals surface area contributed by atoms with Gasteiger partial charge in [0.15, 0.2) is 16.0 Å². The summed E-state index contributed by atoms with van der Waals surface area (Å²) in [6.45, 7) is 0. The zero-order chi connectivity index (χ0) is 24.5. The molecule has 6 rings (SSSR count). The van der Waals surface area contributed by atoms with E-state index in [2.05, 4.69) is 60.1 Å². The van der Waals surface area contributed by atoms with Crippen molar-refractivity contribution in [3.63, 3.8) is 0 Å². The van der Waals surface area contributed by atoms with E-state index in [9.17, 15) is 4.79 Å². The molecule has 1 aliphatic carbocycles. The number of aryl methyl sites for hydroxylation is 2. The largest absolute Gasteiger partial charge is 0.325 e. The van der Waals surface area contributed by atoms with Crippen LogP contribution in [0.4, 0.5) is 5.69 Å². The van der Waals surface area contributed by atoms with Crippen LogP contribution in [0.3, 0.4) is 0 Å². The van der Waals surface area contributed by atoms with Gasteiger partial charge in [-0.3, -0.25) is 4.79 Å². The molecule has 1 N–H and O–H groups in total. The van der Waals surface area contributed by atoms with Gasteiger partial charge >= 0.3 is 0 Å². The van der Waals surface area contributed by atoms with E-state index < -0.39 is 0 Å². The first kappa shape index (κ1) is 24.0. The maximum atomic E-state index is 12.7. The van der Waals surface area contributed by atoms with Crippen molar-refractivity contribution in [2.45, 2.75) is 41.7 Å². The zero-order valence-electron chi connectivity index (χ0n) is 19.2. The molecule has 5 aromatic rings.